The first-order valence-electron chi connectivity index (χ1n) is 8.57. The van der Waals surface area contributed by atoms with Crippen LogP contribution in [-0.2, 0) is 6.42 Å². The van der Waals surface area contributed by atoms with E-state index in [0.29, 0.717) is 29.9 Å². The Balaban J connectivity index is 1.51. The average Bonchev–Trinajstić information content (AvgIpc) is 3.37. The molecule has 8 heteroatoms. The Morgan fingerprint density at radius 1 is 1.11 bits per heavy atom. The second-order valence-corrected chi connectivity index (χ2v) is 6.29. The average molecular weight is 377 g/mol. The van der Waals surface area contributed by atoms with Crippen molar-refractivity contribution in [3.63, 3.8) is 0 Å². The summed E-state index contributed by atoms with van der Waals surface area (Å²) in [5, 5.41) is 13.7. The zero-order chi connectivity index (χ0) is 19.7. The third kappa shape index (κ3) is 3.23. The molecule has 3 aromatic rings. The van der Waals surface area contributed by atoms with Crippen LogP contribution in [0.25, 0.3) is 0 Å². The third-order valence-electron chi connectivity index (χ3n) is 4.56. The molecule has 0 spiro atoms. The molecule has 0 fully saturated rings. The summed E-state index contributed by atoms with van der Waals surface area (Å²) >= 11 is 0. The number of amides is 2. The van der Waals surface area contributed by atoms with E-state index in [0.717, 1.165) is 5.56 Å². The Labute approximate surface area is 159 Å². The summed E-state index contributed by atoms with van der Waals surface area (Å²) < 4.78 is 5.04. The van der Waals surface area contributed by atoms with Gasteiger partial charge >= 0.3 is 0 Å². The largest absolute Gasteiger partial charge is 0.459 e. The van der Waals surface area contributed by atoms with Gasteiger partial charge in [-0.05, 0) is 48.4 Å². The van der Waals surface area contributed by atoms with Crippen molar-refractivity contribution in [2.24, 2.45) is 0 Å². The second kappa shape index (κ2) is 6.99. The van der Waals surface area contributed by atoms with Crippen LogP contribution in [0.15, 0.2) is 65.3 Å². The Bertz CT molecular complexity index is 1060. The molecule has 2 amide bonds. The van der Waals surface area contributed by atoms with Gasteiger partial charge in [0.25, 0.3) is 17.5 Å². The Morgan fingerprint density at radius 2 is 1.89 bits per heavy atom. The number of nitrogens with zero attached hydrogens (tertiary/aromatic N) is 2. The van der Waals surface area contributed by atoms with Crippen molar-refractivity contribution in [1.29, 1.82) is 0 Å². The number of benzene rings is 2. The fourth-order valence-corrected chi connectivity index (χ4v) is 3.14. The van der Waals surface area contributed by atoms with E-state index in [1.807, 2.05) is 0 Å². The van der Waals surface area contributed by atoms with Gasteiger partial charge in [-0.25, -0.2) is 0 Å². The highest BCUT2D eigenvalue weighted by Crippen LogP contribution is 2.32. The molecule has 0 saturated heterocycles. The molecule has 0 bridgehead atoms. The van der Waals surface area contributed by atoms with E-state index in [1.54, 1.807) is 47.4 Å². The predicted octanol–water partition coefficient (Wildman–Crippen LogP) is 3.64. The minimum atomic E-state index is -0.474. The highest BCUT2D eigenvalue weighted by atomic mass is 16.6. The molecule has 0 saturated carbocycles. The summed E-state index contributed by atoms with van der Waals surface area (Å²) in [6.45, 7) is 0.465. The molecule has 0 unspecified atom stereocenters. The van der Waals surface area contributed by atoms with Crippen molar-refractivity contribution >= 4 is 28.9 Å². The van der Waals surface area contributed by atoms with Crippen LogP contribution in [-0.4, -0.2) is 23.3 Å². The van der Waals surface area contributed by atoms with Gasteiger partial charge in [0.1, 0.15) is 0 Å². The standard InChI is InChI=1S/C20H15N3O5/c24-19(18-2-1-11-28-18)21-15-6-3-14(4-7-15)20(25)22-10-9-13-5-8-16(23(26)27)12-17(13)22/h1-8,11-12H,9-10H2,(H,21,24). The molecule has 28 heavy (non-hydrogen) atoms. The third-order valence-corrected chi connectivity index (χ3v) is 4.56. The number of nitro groups is 1. The normalized spacial score (nSPS) is 12.5. The molecule has 4 rings (SSSR count). The first-order valence-corrected chi connectivity index (χ1v) is 8.57. The van der Waals surface area contributed by atoms with E-state index in [1.165, 1.54) is 18.4 Å². The summed E-state index contributed by atoms with van der Waals surface area (Å²) in [5.41, 5.74) is 2.37. The van der Waals surface area contributed by atoms with E-state index in [-0.39, 0.29) is 23.3 Å². The van der Waals surface area contributed by atoms with Gasteiger partial charge in [-0.1, -0.05) is 6.07 Å². The highest BCUT2D eigenvalue weighted by Gasteiger charge is 2.27. The maximum absolute atomic E-state index is 12.9. The zero-order valence-corrected chi connectivity index (χ0v) is 14.6. The summed E-state index contributed by atoms with van der Waals surface area (Å²) in [7, 11) is 0. The molecule has 2 heterocycles. The lowest BCUT2D eigenvalue weighted by Gasteiger charge is -2.17. The first-order chi connectivity index (χ1) is 13.5. The minimum absolute atomic E-state index is 0.0468. The van der Waals surface area contributed by atoms with Crippen LogP contribution < -0.4 is 10.2 Å². The summed E-state index contributed by atoms with van der Waals surface area (Å²) in [6, 6.07) is 14.2. The predicted molar refractivity (Wildman–Crippen MR) is 102 cm³/mol. The van der Waals surface area contributed by atoms with Gasteiger partial charge in [-0.2, -0.15) is 0 Å². The molecule has 8 nitrogen and oxygen atoms in total. The molecule has 0 atom stereocenters. The number of hydrogen-bond donors (Lipinski definition) is 1. The maximum atomic E-state index is 12.9. The van der Waals surface area contributed by atoms with E-state index >= 15 is 0 Å². The Morgan fingerprint density at radius 3 is 2.57 bits per heavy atom. The monoisotopic (exact) mass is 377 g/mol. The fraction of sp³-hybridized carbons (Fsp3) is 0.100. The van der Waals surface area contributed by atoms with E-state index in [2.05, 4.69) is 5.32 Å². The number of furan rings is 1. The van der Waals surface area contributed by atoms with E-state index < -0.39 is 4.92 Å². The van der Waals surface area contributed by atoms with Crippen LogP contribution in [0.2, 0.25) is 0 Å². The Kier molecular flexibility index (Phi) is 4.36. The SMILES string of the molecule is O=C(Nc1ccc(C(=O)N2CCc3ccc([N+](=O)[O-])cc32)cc1)c1ccco1. The van der Waals surface area contributed by atoms with Crippen molar-refractivity contribution in [3.05, 3.63) is 87.9 Å². The van der Waals surface area contributed by atoms with Crippen molar-refractivity contribution in [2.45, 2.75) is 6.42 Å². The van der Waals surface area contributed by atoms with Crippen LogP contribution in [0.3, 0.4) is 0 Å². The minimum Gasteiger partial charge on any atom is -0.459 e. The molecule has 0 radical (unpaired) electrons. The maximum Gasteiger partial charge on any atom is 0.291 e. The summed E-state index contributed by atoms with van der Waals surface area (Å²) in [5.74, 6) is -0.441. The lowest BCUT2D eigenvalue weighted by atomic mass is 10.1. The number of nitro benzene ring substituents is 1. The van der Waals surface area contributed by atoms with Gasteiger partial charge in [-0.15, -0.1) is 0 Å². The van der Waals surface area contributed by atoms with E-state index in [4.69, 9.17) is 4.42 Å². The number of fused-ring (bicyclic) bond motifs is 1. The van der Waals surface area contributed by atoms with Crippen LogP contribution in [0.4, 0.5) is 17.1 Å². The van der Waals surface area contributed by atoms with Gasteiger partial charge in [0.15, 0.2) is 5.76 Å². The van der Waals surface area contributed by atoms with Crippen LogP contribution >= 0.6 is 0 Å². The molecule has 1 N–H and O–H groups in total. The van der Waals surface area contributed by atoms with Gasteiger partial charge in [0, 0.05) is 29.9 Å². The highest BCUT2D eigenvalue weighted by molar-refractivity contribution is 6.08. The Hall–Kier alpha value is -3.94. The lowest BCUT2D eigenvalue weighted by molar-refractivity contribution is -0.384. The number of anilines is 2. The number of carbonyl (C=O) groups excluding carboxylic acids is 2. The number of non-ortho nitro benzene ring substituents is 1. The van der Waals surface area contributed by atoms with Gasteiger partial charge in [-0.3, -0.25) is 19.7 Å². The molecule has 1 aliphatic rings. The molecule has 140 valence electrons. The van der Waals surface area contributed by atoms with Gasteiger partial charge in [0.05, 0.1) is 16.9 Å². The summed E-state index contributed by atoms with van der Waals surface area (Å²) in [6.07, 6.45) is 2.06. The molecule has 1 aromatic heterocycles. The number of rotatable bonds is 4. The van der Waals surface area contributed by atoms with Gasteiger partial charge < -0.3 is 14.6 Å². The van der Waals surface area contributed by atoms with Crippen LogP contribution in [0, 0.1) is 10.1 Å². The lowest BCUT2D eigenvalue weighted by Crippen LogP contribution is -2.28. The quantitative estimate of drug-likeness (QED) is 0.552. The van der Waals surface area contributed by atoms with Crippen LogP contribution in [0.1, 0.15) is 26.5 Å². The van der Waals surface area contributed by atoms with Crippen molar-refractivity contribution in [1.82, 2.24) is 0 Å². The molecule has 1 aliphatic heterocycles. The summed E-state index contributed by atoms with van der Waals surface area (Å²) in [4.78, 5) is 36.9. The van der Waals surface area contributed by atoms with Crippen molar-refractivity contribution in [3.8, 4) is 0 Å². The number of nitrogens with one attached hydrogen (secondary N) is 1. The number of hydrogen-bond acceptors (Lipinski definition) is 5. The molecular weight excluding hydrogens is 362 g/mol. The molecule has 0 aliphatic carbocycles. The fourth-order valence-electron chi connectivity index (χ4n) is 3.14. The molecular formula is C20H15N3O5. The number of carbonyl (C=O) groups is 2. The first kappa shape index (κ1) is 17.5. The second-order valence-electron chi connectivity index (χ2n) is 6.29. The zero-order valence-electron chi connectivity index (χ0n) is 14.6. The topological polar surface area (TPSA) is 106 Å². The van der Waals surface area contributed by atoms with Crippen molar-refractivity contribution in [2.75, 3.05) is 16.8 Å². The van der Waals surface area contributed by atoms with Gasteiger partial charge in [0.2, 0.25) is 0 Å². The van der Waals surface area contributed by atoms with E-state index in [9.17, 15) is 19.7 Å². The smallest absolute Gasteiger partial charge is 0.291 e. The molecule has 2 aromatic carbocycles. The van der Waals surface area contributed by atoms with Crippen molar-refractivity contribution < 1.29 is 18.9 Å². The van der Waals surface area contributed by atoms with Crippen LogP contribution in [0.5, 0.6) is 0 Å².